The summed E-state index contributed by atoms with van der Waals surface area (Å²) < 4.78 is 10.3. The second-order valence-corrected chi connectivity index (χ2v) is 4.12. The number of benzene rings is 1. The molecule has 0 saturated heterocycles. The van der Waals surface area contributed by atoms with Crippen molar-refractivity contribution in [1.82, 2.24) is 5.32 Å². The minimum absolute atomic E-state index is 0.0421. The van der Waals surface area contributed by atoms with Gasteiger partial charge in [-0.1, -0.05) is 6.07 Å². The lowest BCUT2D eigenvalue weighted by atomic mass is 10.2. The van der Waals surface area contributed by atoms with Gasteiger partial charge in [0.05, 0.1) is 6.61 Å². The zero-order chi connectivity index (χ0) is 14.8. The van der Waals surface area contributed by atoms with Gasteiger partial charge in [-0.25, -0.2) is 0 Å². The highest BCUT2D eigenvalue weighted by Crippen LogP contribution is 2.13. The molecule has 0 aromatic heterocycles. The summed E-state index contributed by atoms with van der Waals surface area (Å²) in [6, 6.07) is 6.81. The highest BCUT2D eigenvalue weighted by Gasteiger charge is 2.06. The fraction of sp³-hybridized carbons (Fsp3) is 0.429. The molecule has 0 radical (unpaired) electrons. The first-order valence-electron chi connectivity index (χ1n) is 6.35. The van der Waals surface area contributed by atoms with Crippen molar-refractivity contribution in [3.8, 4) is 5.75 Å². The second kappa shape index (κ2) is 8.92. The van der Waals surface area contributed by atoms with Gasteiger partial charge in [0.2, 0.25) is 0 Å². The average Bonchev–Trinajstić information content (AvgIpc) is 2.44. The van der Waals surface area contributed by atoms with E-state index in [0.29, 0.717) is 37.5 Å². The van der Waals surface area contributed by atoms with Crippen molar-refractivity contribution in [1.29, 1.82) is 0 Å². The fourth-order valence-corrected chi connectivity index (χ4v) is 1.51. The first-order valence-corrected chi connectivity index (χ1v) is 6.35. The molecule has 0 bridgehead atoms. The normalized spacial score (nSPS) is 10.1. The number of hydrogen-bond acceptors (Lipinski definition) is 4. The quantitative estimate of drug-likeness (QED) is 0.667. The number of methoxy groups -OCH3 is 1. The molecular weight excluding hydrogens is 262 g/mol. The number of amides is 1. The van der Waals surface area contributed by atoms with Crippen LogP contribution in [0.1, 0.15) is 23.2 Å². The number of carboxylic acids is 1. The number of carboxylic acid groups (broad SMARTS) is 1. The van der Waals surface area contributed by atoms with Crippen molar-refractivity contribution in [2.24, 2.45) is 0 Å². The lowest BCUT2D eigenvalue weighted by Crippen LogP contribution is -2.24. The van der Waals surface area contributed by atoms with E-state index in [-0.39, 0.29) is 12.3 Å². The zero-order valence-electron chi connectivity index (χ0n) is 11.4. The van der Waals surface area contributed by atoms with Gasteiger partial charge in [0.15, 0.2) is 0 Å². The Morgan fingerprint density at radius 1 is 1.30 bits per heavy atom. The smallest absolute Gasteiger partial charge is 0.303 e. The van der Waals surface area contributed by atoms with E-state index in [1.165, 1.54) is 0 Å². The van der Waals surface area contributed by atoms with Gasteiger partial charge in [0.25, 0.3) is 5.91 Å². The van der Waals surface area contributed by atoms with Crippen LogP contribution in [0.25, 0.3) is 0 Å². The van der Waals surface area contributed by atoms with E-state index in [9.17, 15) is 9.59 Å². The highest BCUT2D eigenvalue weighted by molar-refractivity contribution is 5.94. The summed E-state index contributed by atoms with van der Waals surface area (Å²) in [7, 11) is 1.59. The Morgan fingerprint density at radius 2 is 2.10 bits per heavy atom. The SMILES string of the molecule is COCCOc1cccc(C(=O)NCCCC(=O)O)c1. The maximum Gasteiger partial charge on any atom is 0.303 e. The van der Waals surface area contributed by atoms with Gasteiger partial charge in [-0.2, -0.15) is 0 Å². The standard InChI is InChI=1S/C14H19NO5/c1-19-8-9-20-12-5-2-4-11(10-12)14(18)15-7-3-6-13(16)17/h2,4-5,10H,3,6-9H2,1H3,(H,15,18)(H,16,17). The lowest BCUT2D eigenvalue weighted by molar-refractivity contribution is -0.137. The molecule has 0 saturated carbocycles. The monoisotopic (exact) mass is 281 g/mol. The summed E-state index contributed by atoms with van der Waals surface area (Å²) in [5, 5.41) is 11.2. The molecule has 6 nitrogen and oxygen atoms in total. The Balaban J connectivity index is 2.42. The Hall–Kier alpha value is -2.08. The lowest BCUT2D eigenvalue weighted by Gasteiger charge is -2.08. The first kappa shape index (κ1) is 16.0. The largest absolute Gasteiger partial charge is 0.491 e. The number of nitrogens with one attached hydrogen (secondary N) is 1. The molecule has 1 rings (SSSR count). The topological polar surface area (TPSA) is 84.9 Å². The van der Waals surface area contributed by atoms with E-state index >= 15 is 0 Å². The Bertz CT molecular complexity index is 447. The predicted molar refractivity (Wildman–Crippen MR) is 73.0 cm³/mol. The number of hydrogen-bond donors (Lipinski definition) is 2. The summed E-state index contributed by atoms with van der Waals surface area (Å²) in [4.78, 5) is 22.2. The van der Waals surface area contributed by atoms with Crippen LogP contribution in [-0.2, 0) is 9.53 Å². The first-order chi connectivity index (χ1) is 9.63. The van der Waals surface area contributed by atoms with E-state index < -0.39 is 5.97 Å². The molecule has 2 N–H and O–H groups in total. The molecule has 0 unspecified atom stereocenters. The molecule has 0 aliphatic heterocycles. The third kappa shape index (κ3) is 6.19. The fourth-order valence-electron chi connectivity index (χ4n) is 1.51. The minimum atomic E-state index is -0.868. The van der Waals surface area contributed by atoms with Gasteiger partial charge in [-0.05, 0) is 24.6 Å². The van der Waals surface area contributed by atoms with Crippen molar-refractivity contribution in [2.75, 3.05) is 26.9 Å². The third-order valence-corrected chi connectivity index (χ3v) is 2.51. The number of aliphatic carboxylic acids is 1. The molecule has 0 heterocycles. The van der Waals surface area contributed by atoms with Gasteiger partial charge in [-0.15, -0.1) is 0 Å². The van der Waals surface area contributed by atoms with E-state index in [1.807, 2.05) is 0 Å². The molecule has 0 aliphatic carbocycles. The second-order valence-electron chi connectivity index (χ2n) is 4.12. The molecule has 0 spiro atoms. The maximum absolute atomic E-state index is 11.8. The number of ether oxygens (including phenoxy) is 2. The van der Waals surface area contributed by atoms with Gasteiger partial charge >= 0.3 is 5.97 Å². The number of carbonyl (C=O) groups excluding carboxylic acids is 1. The van der Waals surface area contributed by atoms with Crippen molar-refractivity contribution < 1.29 is 24.2 Å². The van der Waals surface area contributed by atoms with Crippen LogP contribution in [0.5, 0.6) is 5.75 Å². The Kier molecular flexibility index (Phi) is 7.13. The summed E-state index contributed by atoms with van der Waals surface area (Å²) >= 11 is 0. The molecule has 6 heteroatoms. The van der Waals surface area contributed by atoms with Crippen LogP contribution in [0, 0.1) is 0 Å². The van der Waals surface area contributed by atoms with Crippen molar-refractivity contribution in [3.63, 3.8) is 0 Å². The minimum Gasteiger partial charge on any atom is -0.491 e. The third-order valence-electron chi connectivity index (χ3n) is 2.51. The molecule has 1 aromatic rings. The van der Waals surface area contributed by atoms with E-state index in [0.717, 1.165) is 0 Å². The van der Waals surface area contributed by atoms with Crippen LogP contribution in [0.15, 0.2) is 24.3 Å². The van der Waals surface area contributed by atoms with Crippen LogP contribution in [0.4, 0.5) is 0 Å². The molecule has 1 amide bonds. The van der Waals surface area contributed by atoms with Gasteiger partial charge in [0.1, 0.15) is 12.4 Å². The summed E-state index contributed by atoms with van der Waals surface area (Å²) in [5.74, 6) is -0.513. The molecular formula is C14H19NO5. The summed E-state index contributed by atoms with van der Waals surface area (Å²) in [6.45, 7) is 1.23. The Labute approximate surface area is 117 Å². The number of rotatable bonds is 9. The number of carbonyl (C=O) groups is 2. The van der Waals surface area contributed by atoms with E-state index in [2.05, 4.69) is 5.32 Å². The molecule has 0 fully saturated rings. The van der Waals surface area contributed by atoms with Crippen LogP contribution < -0.4 is 10.1 Å². The van der Waals surface area contributed by atoms with Crippen molar-refractivity contribution in [2.45, 2.75) is 12.8 Å². The molecule has 0 aliphatic rings. The molecule has 110 valence electrons. The predicted octanol–water partition coefficient (Wildman–Crippen LogP) is 1.31. The molecule has 20 heavy (non-hydrogen) atoms. The summed E-state index contributed by atoms with van der Waals surface area (Å²) in [5.41, 5.74) is 0.482. The Morgan fingerprint density at radius 3 is 2.80 bits per heavy atom. The van der Waals surface area contributed by atoms with Gasteiger partial charge in [-0.3, -0.25) is 9.59 Å². The average molecular weight is 281 g/mol. The summed E-state index contributed by atoms with van der Waals surface area (Å²) in [6.07, 6.45) is 0.450. The van der Waals surface area contributed by atoms with Crippen LogP contribution >= 0.6 is 0 Å². The van der Waals surface area contributed by atoms with E-state index in [4.69, 9.17) is 14.6 Å². The van der Waals surface area contributed by atoms with E-state index in [1.54, 1.807) is 31.4 Å². The highest BCUT2D eigenvalue weighted by atomic mass is 16.5. The maximum atomic E-state index is 11.8. The van der Waals surface area contributed by atoms with Crippen LogP contribution in [-0.4, -0.2) is 43.9 Å². The van der Waals surface area contributed by atoms with Gasteiger partial charge in [0, 0.05) is 25.6 Å². The van der Waals surface area contributed by atoms with Crippen LogP contribution in [0.3, 0.4) is 0 Å². The molecule has 1 aromatic carbocycles. The van der Waals surface area contributed by atoms with Gasteiger partial charge < -0.3 is 19.9 Å². The van der Waals surface area contributed by atoms with Crippen molar-refractivity contribution >= 4 is 11.9 Å². The van der Waals surface area contributed by atoms with Crippen molar-refractivity contribution in [3.05, 3.63) is 29.8 Å². The molecule has 0 atom stereocenters. The van der Waals surface area contributed by atoms with Crippen LogP contribution in [0.2, 0.25) is 0 Å². The zero-order valence-corrected chi connectivity index (χ0v) is 11.4.